The van der Waals surface area contributed by atoms with E-state index in [4.69, 9.17) is 0 Å². The maximum Gasteiger partial charge on any atom is 0.407 e. The minimum absolute atomic E-state index is 0.235. The van der Waals surface area contributed by atoms with E-state index in [1.54, 1.807) is 4.80 Å². The molecule has 164 valence electrons. The van der Waals surface area contributed by atoms with E-state index in [0.29, 0.717) is 12.4 Å². The quantitative estimate of drug-likeness (QED) is 0.614. The average molecular weight is 418 g/mol. The van der Waals surface area contributed by atoms with Crippen molar-refractivity contribution >= 4 is 12.0 Å². The van der Waals surface area contributed by atoms with Gasteiger partial charge in [-0.2, -0.15) is 4.80 Å². The Morgan fingerprint density at radius 2 is 1.73 bits per heavy atom. The van der Waals surface area contributed by atoms with Crippen LogP contribution in [0.5, 0.6) is 0 Å². The fourth-order valence-corrected chi connectivity index (χ4v) is 2.54. The SMILES string of the molecule is COC(=O)N[C@H](C(=O)NNCc1ccc(-c2nnn(C(C)(C)C)n2)cc1)C(C)(C)C. The van der Waals surface area contributed by atoms with E-state index in [-0.39, 0.29) is 11.4 Å². The molecule has 0 bridgehead atoms. The summed E-state index contributed by atoms with van der Waals surface area (Å²) in [4.78, 5) is 25.6. The molecular weight excluding hydrogens is 386 g/mol. The van der Waals surface area contributed by atoms with E-state index in [2.05, 4.69) is 36.3 Å². The summed E-state index contributed by atoms with van der Waals surface area (Å²) in [6.07, 6.45) is -0.655. The summed E-state index contributed by atoms with van der Waals surface area (Å²) in [5.74, 6) is 0.201. The van der Waals surface area contributed by atoms with Gasteiger partial charge in [0, 0.05) is 12.1 Å². The predicted octanol–water partition coefficient (Wildman–Crippen LogP) is 1.99. The Balaban J connectivity index is 1.94. The van der Waals surface area contributed by atoms with Crippen molar-refractivity contribution in [2.75, 3.05) is 7.11 Å². The lowest BCUT2D eigenvalue weighted by atomic mass is 9.86. The van der Waals surface area contributed by atoms with Crippen LogP contribution in [0.3, 0.4) is 0 Å². The fraction of sp³-hybridized carbons (Fsp3) is 0.550. The van der Waals surface area contributed by atoms with E-state index < -0.39 is 17.6 Å². The number of rotatable bonds is 6. The highest BCUT2D eigenvalue weighted by atomic mass is 16.5. The fourth-order valence-electron chi connectivity index (χ4n) is 2.54. The molecule has 0 radical (unpaired) electrons. The van der Waals surface area contributed by atoms with Gasteiger partial charge in [-0.1, -0.05) is 45.0 Å². The maximum absolute atomic E-state index is 12.5. The first-order chi connectivity index (χ1) is 13.9. The molecule has 0 saturated carbocycles. The molecular formula is C20H31N7O3. The summed E-state index contributed by atoms with van der Waals surface area (Å²) < 4.78 is 4.60. The van der Waals surface area contributed by atoms with E-state index in [1.165, 1.54) is 7.11 Å². The van der Waals surface area contributed by atoms with Gasteiger partial charge in [-0.3, -0.25) is 10.2 Å². The zero-order valence-electron chi connectivity index (χ0n) is 18.6. The lowest BCUT2D eigenvalue weighted by Crippen LogP contribution is -2.56. The molecule has 10 nitrogen and oxygen atoms in total. The maximum atomic E-state index is 12.5. The Hall–Kier alpha value is -3.01. The van der Waals surface area contributed by atoms with Crippen LogP contribution in [0, 0.1) is 5.41 Å². The molecule has 0 aliphatic carbocycles. The number of hydrogen-bond donors (Lipinski definition) is 3. The second kappa shape index (κ2) is 9.21. The monoisotopic (exact) mass is 417 g/mol. The number of benzene rings is 1. The highest BCUT2D eigenvalue weighted by molar-refractivity contribution is 5.86. The van der Waals surface area contributed by atoms with Crippen molar-refractivity contribution in [1.82, 2.24) is 36.4 Å². The second-order valence-electron chi connectivity index (χ2n) is 9.05. The van der Waals surface area contributed by atoms with E-state index in [9.17, 15) is 9.59 Å². The zero-order valence-corrected chi connectivity index (χ0v) is 18.6. The van der Waals surface area contributed by atoms with Crippen molar-refractivity contribution in [3.8, 4) is 11.4 Å². The van der Waals surface area contributed by atoms with E-state index in [0.717, 1.165) is 11.1 Å². The summed E-state index contributed by atoms with van der Waals surface area (Å²) >= 11 is 0. The Morgan fingerprint density at radius 1 is 1.10 bits per heavy atom. The molecule has 1 aromatic heterocycles. The molecule has 2 rings (SSSR count). The topological polar surface area (TPSA) is 123 Å². The Bertz CT molecular complexity index is 864. The molecule has 1 atom stereocenters. The van der Waals surface area contributed by atoms with Crippen LogP contribution in [-0.2, 0) is 21.6 Å². The average Bonchev–Trinajstić information content (AvgIpc) is 3.16. The summed E-state index contributed by atoms with van der Waals surface area (Å²) in [5, 5.41) is 15.2. The molecule has 1 aromatic carbocycles. The van der Waals surface area contributed by atoms with Gasteiger partial charge in [0.25, 0.3) is 5.91 Å². The highest BCUT2D eigenvalue weighted by Gasteiger charge is 2.33. The van der Waals surface area contributed by atoms with E-state index >= 15 is 0 Å². The van der Waals surface area contributed by atoms with Gasteiger partial charge in [0.15, 0.2) is 0 Å². The standard InChI is InChI=1S/C20H31N7O3/c1-19(2,3)15(22-18(29)30-7)17(28)24-21-12-13-8-10-14(11-9-13)16-23-26-27(25-16)20(4,5)6/h8-11,15,21H,12H2,1-7H3,(H,22,29)(H,24,28)/t15-/m1/s1. The molecule has 0 saturated heterocycles. The van der Waals surface area contributed by atoms with Crippen molar-refractivity contribution in [1.29, 1.82) is 0 Å². The van der Waals surface area contributed by atoms with Crippen LogP contribution in [-0.4, -0.2) is 45.4 Å². The number of nitrogens with zero attached hydrogens (tertiary/aromatic N) is 4. The van der Waals surface area contributed by atoms with Crippen molar-refractivity contribution < 1.29 is 14.3 Å². The smallest absolute Gasteiger partial charge is 0.407 e. The van der Waals surface area contributed by atoms with Crippen molar-refractivity contribution in [3.63, 3.8) is 0 Å². The van der Waals surface area contributed by atoms with Gasteiger partial charge in [0.05, 0.1) is 12.6 Å². The molecule has 2 amide bonds. The van der Waals surface area contributed by atoms with Crippen LogP contribution in [0.2, 0.25) is 0 Å². The van der Waals surface area contributed by atoms with Crippen molar-refractivity contribution in [3.05, 3.63) is 29.8 Å². The number of hydrogen-bond acceptors (Lipinski definition) is 7. The minimum Gasteiger partial charge on any atom is -0.453 e. The van der Waals surface area contributed by atoms with E-state index in [1.807, 2.05) is 65.8 Å². The third kappa shape index (κ3) is 6.24. The number of methoxy groups -OCH3 is 1. The number of aromatic nitrogens is 4. The van der Waals surface area contributed by atoms with Crippen LogP contribution < -0.4 is 16.2 Å². The molecule has 30 heavy (non-hydrogen) atoms. The molecule has 10 heteroatoms. The normalized spacial score (nSPS) is 12.9. The van der Waals surface area contributed by atoms with Gasteiger partial charge in [0.1, 0.15) is 6.04 Å². The van der Waals surface area contributed by atoms with Gasteiger partial charge in [-0.05, 0) is 37.0 Å². The Kier molecular flexibility index (Phi) is 7.14. The summed E-state index contributed by atoms with van der Waals surface area (Å²) in [6.45, 7) is 12.0. The third-order valence-electron chi connectivity index (χ3n) is 4.31. The van der Waals surface area contributed by atoms with Crippen molar-refractivity contribution in [2.45, 2.75) is 59.7 Å². The van der Waals surface area contributed by atoms with Gasteiger partial charge in [-0.15, -0.1) is 10.2 Å². The van der Waals surface area contributed by atoms with Gasteiger partial charge < -0.3 is 10.1 Å². The molecule has 0 aliphatic heterocycles. The molecule has 1 heterocycles. The third-order valence-corrected chi connectivity index (χ3v) is 4.31. The van der Waals surface area contributed by atoms with Gasteiger partial charge >= 0.3 is 6.09 Å². The zero-order chi connectivity index (χ0) is 22.5. The number of amides is 2. The summed E-state index contributed by atoms with van der Waals surface area (Å²) in [7, 11) is 1.26. The van der Waals surface area contributed by atoms with Crippen LogP contribution in [0.15, 0.2) is 24.3 Å². The van der Waals surface area contributed by atoms with Gasteiger partial charge in [0.2, 0.25) is 5.82 Å². The number of hydrazine groups is 1. The number of ether oxygens (including phenoxy) is 1. The minimum atomic E-state index is -0.753. The number of carbonyl (C=O) groups excluding carboxylic acids is 2. The first-order valence-electron chi connectivity index (χ1n) is 9.69. The van der Waals surface area contributed by atoms with Crippen molar-refractivity contribution in [2.24, 2.45) is 5.41 Å². The molecule has 0 fully saturated rings. The van der Waals surface area contributed by atoms with Crippen LogP contribution >= 0.6 is 0 Å². The van der Waals surface area contributed by atoms with Crippen LogP contribution in [0.1, 0.15) is 47.1 Å². The largest absolute Gasteiger partial charge is 0.453 e. The molecule has 2 aromatic rings. The Morgan fingerprint density at radius 3 is 2.23 bits per heavy atom. The Labute approximate surface area is 176 Å². The molecule has 0 spiro atoms. The molecule has 3 N–H and O–H groups in total. The van der Waals surface area contributed by atoms with Gasteiger partial charge in [-0.25, -0.2) is 10.2 Å². The first kappa shape index (κ1) is 23.3. The summed E-state index contributed by atoms with van der Waals surface area (Å²) in [5.41, 5.74) is 6.61. The van der Waals surface area contributed by atoms with Crippen LogP contribution in [0.4, 0.5) is 4.79 Å². The molecule has 0 aliphatic rings. The second-order valence-corrected chi connectivity index (χ2v) is 9.05. The lowest BCUT2D eigenvalue weighted by Gasteiger charge is -2.29. The predicted molar refractivity (Wildman–Crippen MR) is 112 cm³/mol. The highest BCUT2D eigenvalue weighted by Crippen LogP contribution is 2.20. The number of tetrazole rings is 1. The molecule has 0 unspecified atom stereocenters. The number of nitrogens with one attached hydrogen (secondary N) is 3. The van der Waals surface area contributed by atoms with Crippen LogP contribution in [0.25, 0.3) is 11.4 Å². The first-order valence-corrected chi connectivity index (χ1v) is 9.69. The number of alkyl carbamates (subject to hydrolysis) is 1. The lowest BCUT2D eigenvalue weighted by molar-refractivity contribution is -0.126. The summed E-state index contributed by atoms with van der Waals surface area (Å²) in [6, 6.07) is 6.89. The number of carbonyl (C=O) groups is 2.